The van der Waals surface area contributed by atoms with E-state index in [4.69, 9.17) is 4.74 Å². The summed E-state index contributed by atoms with van der Waals surface area (Å²) in [5.41, 5.74) is 0. The largest absolute Gasteiger partial charge is 0.355 e. The second-order valence-corrected chi connectivity index (χ2v) is 1.69. The predicted molar refractivity (Wildman–Crippen MR) is 27.5 cm³/mol. The zero-order chi connectivity index (χ0) is 5.11. The number of ether oxygens (including phenoxy) is 1. The summed E-state index contributed by atoms with van der Waals surface area (Å²) < 4.78 is 5.07. The lowest BCUT2D eigenvalue weighted by Gasteiger charge is -1.99. The van der Waals surface area contributed by atoms with Crippen LogP contribution in [0.15, 0.2) is 0 Å². The normalized spacial score (nSPS) is 31.3. The van der Waals surface area contributed by atoms with Gasteiger partial charge in [0, 0.05) is 6.54 Å². The van der Waals surface area contributed by atoms with Crippen LogP contribution < -0.4 is 5.32 Å². The molecule has 1 rings (SSSR count). The summed E-state index contributed by atoms with van der Waals surface area (Å²) in [6.07, 6.45) is 1.53. The smallest absolute Gasteiger partial charge is 0.148 e. The fraction of sp³-hybridized carbons (Fsp3) is 0.800. The molecule has 0 amide bonds. The van der Waals surface area contributed by atoms with E-state index in [1.807, 2.05) is 0 Å². The van der Waals surface area contributed by atoms with Gasteiger partial charge in [-0.25, -0.2) is 0 Å². The summed E-state index contributed by atoms with van der Waals surface area (Å²) in [5.74, 6) is 0. The molecule has 0 saturated carbocycles. The number of nitrogens with one attached hydrogen (secondary N) is 1. The van der Waals surface area contributed by atoms with Crippen molar-refractivity contribution in [1.29, 1.82) is 0 Å². The van der Waals surface area contributed by atoms with Gasteiger partial charge in [0.1, 0.15) is 6.73 Å². The molecule has 0 spiro atoms. The number of hydrogen-bond acceptors (Lipinski definition) is 2. The minimum Gasteiger partial charge on any atom is -0.355 e. The SMILES string of the molecule is CCC1CN[CH]O1. The van der Waals surface area contributed by atoms with E-state index in [1.54, 1.807) is 6.73 Å². The van der Waals surface area contributed by atoms with Crippen molar-refractivity contribution in [3.8, 4) is 0 Å². The topological polar surface area (TPSA) is 21.3 Å². The molecule has 1 aliphatic rings. The Balaban J connectivity index is 2.14. The highest BCUT2D eigenvalue weighted by molar-refractivity contribution is 4.69. The zero-order valence-electron chi connectivity index (χ0n) is 4.48. The number of rotatable bonds is 1. The summed E-state index contributed by atoms with van der Waals surface area (Å²) in [6, 6.07) is 0. The van der Waals surface area contributed by atoms with Crippen LogP contribution in [0.1, 0.15) is 13.3 Å². The van der Waals surface area contributed by atoms with E-state index in [2.05, 4.69) is 12.2 Å². The second-order valence-electron chi connectivity index (χ2n) is 1.69. The standard InChI is InChI=1S/C5H10NO/c1-2-5-3-6-4-7-5/h4-6H,2-3H2,1H3. The van der Waals surface area contributed by atoms with Crippen molar-refractivity contribution in [2.45, 2.75) is 19.4 Å². The maximum absolute atomic E-state index is 5.07. The summed E-state index contributed by atoms with van der Waals surface area (Å²) in [5, 5.41) is 2.98. The van der Waals surface area contributed by atoms with Crippen molar-refractivity contribution in [2.24, 2.45) is 0 Å². The fourth-order valence-electron chi connectivity index (χ4n) is 0.613. The molecule has 7 heavy (non-hydrogen) atoms. The summed E-state index contributed by atoms with van der Waals surface area (Å²) in [6.45, 7) is 4.76. The van der Waals surface area contributed by atoms with Gasteiger partial charge in [0.25, 0.3) is 0 Å². The molecule has 1 atom stereocenters. The molecule has 2 heteroatoms. The Bertz CT molecular complexity index is 50.0. The highest BCUT2D eigenvalue weighted by atomic mass is 16.5. The summed E-state index contributed by atoms with van der Waals surface area (Å²) in [4.78, 5) is 0. The van der Waals surface area contributed by atoms with E-state index < -0.39 is 0 Å². The first-order valence-corrected chi connectivity index (χ1v) is 2.64. The highest BCUT2D eigenvalue weighted by Gasteiger charge is 2.11. The minimum absolute atomic E-state index is 0.431. The molecule has 0 bridgehead atoms. The molecular weight excluding hydrogens is 90.1 g/mol. The van der Waals surface area contributed by atoms with Gasteiger partial charge in [-0.15, -0.1) is 0 Å². The van der Waals surface area contributed by atoms with Crippen molar-refractivity contribution in [2.75, 3.05) is 6.54 Å². The van der Waals surface area contributed by atoms with Gasteiger partial charge in [0.05, 0.1) is 6.10 Å². The van der Waals surface area contributed by atoms with Crippen LogP contribution in [0.4, 0.5) is 0 Å². The summed E-state index contributed by atoms with van der Waals surface area (Å²) >= 11 is 0. The van der Waals surface area contributed by atoms with Gasteiger partial charge in [-0.05, 0) is 6.42 Å². The summed E-state index contributed by atoms with van der Waals surface area (Å²) in [7, 11) is 0. The number of hydrogen-bond donors (Lipinski definition) is 1. The van der Waals surface area contributed by atoms with Crippen molar-refractivity contribution in [3.63, 3.8) is 0 Å². The van der Waals surface area contributed by atoms with Crippen LogP contribution in [-0.4, -0.2) is 12.6 Å². The van der Waals surface area contributed by atoms with Gasteiger partial charge in [-0.2, -0.15) is 0 Å². The van der Waals surface area contributed by atoms with Gasteiger partial charge >= 0.3 is 0 Å². The molecule has 0 aromatic heterocycles. The van der Waals surface area contributed by atoms with Crippen molar-refractivity contribution in [3.05, 3.63) is 6.73 Å². The molecule has 1 heterocycles. The average molecular weight is 100 g/mol. The maximum atomic E-state index is 5.07. The van der Waals surface area contributed by atoms with Crippen LogP contribution >= 0.6 is 0 Å². The van der Waals surface area contributed by atoms with E-state index in [0.29, 0.717) is 6.10 Å². The Hall–Kier alpha value is -0.0800. The molecule has 0 aliphatic carbocycles. The Labute approximate surface area is 43.9 Å². The van der Waals surface area contributed by atoms with Gasteiger partial charge in [-0.1, -0.05) is 6.92 Å². The molecule has 0 aromatic carbocycles. The molecule has 1 unspecified atom stereocenters. The molecule has 41 valence electrons. The van der Waals surface area contributed by atoms with Crippen molar-refractivity contribution >= 4 is 0 Å². The lowest BCUT2D eigenvalue weighted by atomic mass is 10.3. The van der Waals surface area contributed by atoms with E-state index in [1.165, 1.54) is 0 Å². The third-order valence-corrected chi connectivity index (χ3v) is 1.14. The Morgan fingerprint density at radius 2 is 2.86 bits per heavy atom. The first kappa shape index (κ1) is 5.06. The van der Waals surface area contributed by atoms with Crippen LogP contribution in [0.3, 0.4) is 0 Å². The van der Waals surface area contributed by atoms with Gasteiger partial charge in [0.2, 0.25) is 0 Å². The molecule has 2 nitrogen and oxygen atoms in total. The lowest BCUT2D eigenvalue weighted by molar-refractivity contribution is 0.156. The van der Waals surface area contributed by atoms with Crippen LogP contribution in [-0.2, 0) is 4.74 Å². The first-order chi connectivity index (χ1) is 3.43. The third-order valence-electron chi connectivity index (χ3n) is 1.14. The van der Waals surface area contributed by atoms with Gasteiger partial charge < -0.3 is 4.74 Å². The highest BCUT2D eigenvalue weighted by Crippen LogP contribution is 2.02. The van der Waals surface area contributed by atoms with E-state index >= 15 is 0 Å². The van der Waals surface area contributed by atoms with Crippen LogP contribution in [0.2, 0.25) is 0 Å². The predicted octanol–water partition coefficient (Wildman–Crippen LogP) is 0.504. The third kappa shape index (κ3) is 1.14. The van der Waals surface area contributed by atoms with Crippen LogP contribution in [0.5, 0.6) is 0 Å². The van der Waals surface area contributed by atoms with Crippen LogP contribution in [0.25, 0.3) is 0 Å². The van der Waals surface area contributed by atoms with Crippen molar-refractivity contribution < 1.29 is 4.74 Å². The van der Waals surface area contributed by atoms with Gasteiger partial charge in [0.15, 0.2) is 0 Å². The quantitative estimate of drug-likeness (QED) is 0.518. The Kier molecular flexibility index (Phi) is 1.65. The van der Waals surface area contributed by atoms with Gasteiger partial charge in [-0.3, -0.25) is 5.32 Å². The molecule has 1 saturated heterocycles. The molecule has 1 aliphatic heterocycles. The molecular formula is C5H10NO. The second kappa shape index (κ2) is 2.28. The van der Waals surface area contributed by atoms with E-state index in [9.17, 15) is 0 Å². The molecule has 1 radical (unpaired) electrons. The molecule has 1 N–H and O–H groups in total. The zero-order valence-corrected chi connectivity index (χ0v) is 4.48. The first-order valence-electron chi connectivity index (χ1n) is 2.64. The van der Waals surface area contributed by atoms with E-state index in [-0.39, 0.29) is 0 Å². The average Bonchev–Trinajstić information content (AvgIpc) is 2.14. The molecule has 1 fully saturated rings. The van der Waals surface area contributed by atoms with Crippen molar-refractivity contribution in [1.82, 2.24) is 5.32 Å². The minimum atomic E-state index is 0.431. The van der Waals surface area contributed by atoms with Crippen LogP contribution in [0, 0.1) is 6.73 Å². The monoisotopic (exact) mass is 100 g/mol. The maximum Gasteiger partial charge on any atom is 0.148 e. The fourth-order valence-corrected chi connectivity index (χ4v) is 0.613. The van der Waals surface area contributed by atoms with E-state index in [0.717, 1.165) is 13.0 Å². The Morgan fingerprint density at radius 1 is 2.00 bits per heavy atom. The molecule has 0 aromatic rings. The lowest BCUT2D eigenvalue weighted by Crippen LogP contribution is -2.11. The Morgan fingerprint density at radius 3 is 3.14 bits per heavy atom.